The van der Waals surface area contributed by atoms with Crippen molar-refractivity contribution in [2.75, 3.05) is 18.0 Å². The van der Waals surface area contributed by atoms with Crippen molar-refractivity contribution in [2.24, 2.45) is 11.7 Å². The number of nitrogens with zero attached hydrogens (tertiary/aromatic N) is 1. The lowest BCUT2D eigenvalue weighted by Gasteiger charge is -2.22. The molecule has 1 aliphatic rings. The molecule has 8 heteroatoms. The molecule has 112 valence electrons. The molecule has 1 heterocycles. The molecule has 2 atom stereocenters. The fraction of sp³-hybridized carbons (Fsp3) is 0.500. The number of alkyl halides is 3. The number of nitrogens with two attached hydrogens (primary N) is 1. The number of para-hydroxylation sites is 1. The molecule has 1 saturated heterocycles. The Bertz CT molecular complexity index is 591. The molecule has 20 heavy (non-hydrogen) atoms. The van der Waals surface area contributed by atoms with Crippen molar-refractivity contribution in [1.82, 2.24) is 0 Å². The summed E-state index contributed by atoms with van der Waals surface area (Å²) in [5.41, 5.74) is 0.588. The molecule has 1 aromatic carbocycles. The van der Waals surface area contributed by atoms with E-state index in [0.717, 1.165) is 6.07 Å². The Labute approximate surface area is 115 Å². The standard InChI is InChI=1S/C12H15F3N2O2S/c1-8-6-17(7-9(8)16)10-4-2-3-5-11(10)20(18,19)12(13,14)15/h2-5,8-9H,6-7,16H2,1H3. The molecule has 0 aromatic heterocycles. The first-order chi connectivity index (χ1) is 9.14. The zero-order valence-corrected chi connectivity index (χ0v) is 11.6. The van der Waals surface area contributed by atoms with Crippen molar-refractivity contribution in [1.29, 1.82) is 0 Å². The first kappa shape index (κ1) is 15.1. The highest BCUT2D eigenvalue weighted by Crippen LogP contribution is 2.37. The highest BCUT2D eigenvalue weighted by Gasteiger charge is 2.48. The predicted molar refractivity (Wildman–Crippen MR) is 69.0 cm³/mol. The van der Waals surface area contributed by atoms with Gasteiger partial charge >= 0.3 is 5.51 Å². The smallest absolute Gasteiger partial charge is 0.369 e. The van der Waals surface area contributed by atoms with Gasteiger partial charge in [0, 0.05) is 19.1 Å². The van der Waals surface area contributed by atoms with Crippen LogP contribution in [0.15, 0.2) is 29.2 Å². The number of hydrogen-bond acceptors (Lipinski definition) is 4. The van der Waals surface area contributed by atoms with Gasteiger partial charge < -0.3 is 10.6 Å². The molecule has 1 fully saturated rings. The van der Waals surface area contributed by atoms with Crippen molar-refractivity contribution in [3.05, 3.63) is 24.3 Å². The first-order valence-electron chi connectivity index (χ1n) is 6.05. The number of hydrogen-bond donors (Lipinski definition) is 1. The molecule has 2 unspecified atom stereocenters. The summed E-state index contributed by atoms with van der Waals surface area (Å²) in [4.78, 5) is 0.877. The Balaban J connectivity index is 2.48. The van der Waals surface area contributed by atoms with Gasteiger partial charge in [0.05, 0.1) is 10.6 Å². The van der Waals surface area contributed by atoms with Crippen LogP contribution in [-0.4, -0.2) is 33.1 Å². The van der Waals surface area contributed by atoms with Crippen molar-refractivity contribution in [3.8, 4) is 0 Å². The fourth-order valence-corrected chi connectivity index (χ4v) is 3.24. The zero-order valence-electron chi connectivity index (χ0n) is 10.8. The summed E-state index contributed by atoms with van der Waals surface area (Å²) in [6.07, 6.45) is 0. The van der Waals surface area contributed by atoms with Gasteiger partial charge in [-0.2, -0.15) is 13.2 Å². The number of sulfone groups is 1. The second-order valence-electron chi connectivity index (χ2n) is 4.96. The van der Waals surface area contributed by atoms with Gasteiger partial charge in [-0.1, -0.05) is 19.1 Å². The van der Waals surface area contributed by atoms with Gasteiger partial charge in [-0.3, -0.25) is 0 Å². The number of rotatable bonds is 2. The van der Waals surface area contributed by atoms with Gasteiger partial charge in [0.2, 0.25) is 0 Å². The minimum Gasteiger partial charge on any atom is -0.369 e. The summed E-state index contributed by atoms with van der Waals surface area (Å²) in [6.45, 7) is 2.66. The van der Waals surface area contributed by atoms with E-state index in [-0.39, 0.29) is 17.6 Å². The summed E-state index contributed by atoms with van der Waals surface area (Å²) < 4.78 is 61.3. The summed E-state index contributed by atoms with van der Waals surface area (Å²) in [5, 5.41) is 0. The molecule has 0 bridgehead atoms. The van der Waals surface area contributed by atoms with Crippen LogP contribution < -0.4 is 10.6 Å². The van der Waals surface area contributed by atoms with Crippen molar-refractivity contribution in [2.45, 2.75) is 23.4 Å². The largest absolute Gasteiger partial charge is 0.501 e. The van der Waals surface area contributed by atoms with Crippen LogP contribution in [-0.2, 0) is 9.84 Å². The Morgan fingerprint density at radius 2 is 1.85 bits per heavy atom. The second-order valence-corrected chi connectivity index (χ2v) is 6.87. The maximum absolute atomic E-state index is 12.7. The van der Waals surface area contributed by atoms with Crippen molar-refractivity contribution < 1.29 is 21.6 Å². The average molecular weight is 308 g/mol. The Morgan fingerprint density at radius 3 is 2.35 bits per heavy atom. The minimum atomic E-state index is -5.36. The molecule has 2 N–H and O–H groups in total. The van der Waals surface area contributed by atoms with Gasteiger partial charge in [0.25, 0.3) is 9.84 Å². The lowest BCUT2D eigenvalue weighted by atomic mass is 10.1. The monoisotopic (exact) mass is 308 g/mol. The van der Waals surface area contributed by atoms with Crippen molar-refractivity contribution >= 4 is 15.5 Å². The van der Waals surface area contributed by atoms with Crippen LogP contribution >= 0.6 is 0 Å². The normalized spacial score (nSPS) is 24.1. The Morgan fingerprint density at radius 1 is 1.25 bits per heavy atom. The van der Waals surface area contributed by atoms with E-state index >= 15 is 0 Å². The van der Waals surface area contributed by atoms with E-state index in [9.17, 15) is 21.6 Å². The zero-order chi connectivity index (χ0) is 15.1. The number of anilines is 1. The van der Waals surface area contributed by atoms with Gasteiger partial charge in [0.15, 0.2) is 0 Å². The molecule has 2 rings (SSSR count). The molecular weight excluding hydrogens is 293 g/mol. The molecule has 4 nitrogen and oxygen atoms in total. The third-order valence-corrected chi connectivity index (χ3v) is 5.00. The Hall–Kier alpha value is -1.28. The van der Waals surface area contributed by atoms with Crippen LogP contribution in [0, 0.1) is 5.92 Å². The van der Waals surface area contributed by atoms with Crippen LogP contribution in [0.25, 0.3) is 0 Å². The molecule has 0 amide bonds. The number of benzene rings is 1. The average Bonchev–Trinajstić information content (AvgIpc) is 2.68. The van der Waals surface area contributed by atoms with E-state index in [2.05, 4.69) is 0 Å². The molecule has 0 radical (unpaired) electrons. The summed E-state index contributed by atoms with van der Waals surface area (Å²) in [7, 11) is -5.36. The van der Waals surface area contributed by atoms with E-state index < -0.39 is 20.2 Å². The van der Waals surface area contributed by atoms with Gasteiger partial charge in [-0.15, -0.1) is 0 Å². The quantitative estimate of drug-likeness (QED) is 0.904. The third kappa shape index (κ3) is 2.49. The molecule has 0 aliphatic carbocycles. The van der Waals surface area contributed by atoms with E-state index in [1.54, 1.807) is 4.90 Å². The van der Waals surface area contributed by atoms with Gasteiger partial charge in [0.1, 0.15) is 0 Å². The van der Waals surface area contributed by atoms with Crippen LogP contribution in [0.1, 0.15) is 6.92 Å². The molecule has 1 aliphatic heterocycles. The van der Waals surface area contributed by atoms with Crippen LogP contribution in [0.3, 0.4) is 0 Å². The lowest BCUT2D eigenvalue weighted by molar-refractivity contribution is -0.0435. The summed E-state index contributed by atoms with van der Waals surface area (Å²) in [5.74, 6) is 0.0941. The molecule has 1 aromatic rings. The SMILES string of the molecule is CC1CN(c2ccccc2S(=O)(=O)C(F)(F)F)CC1N. The predicted octanol–water partition coefficient (Wildman–Crippen LogP) is 1.76. The van der Waals surface area contributed by atoms with Crippen LogP contribution in [0.4, 0.5) is 18.9 Å². The van der Waals surface area contributed by atoms with E-state index in [0.29, 0.717) is 13.1 Å². The highest BCUT2D eigenvalue weighted by atomic mass is 32.2. The Kier molecular flexibility index (Phi) is 3.72. The third-order valence-electron chi connectivity index (χ3n) is 3.47. The minimum absolute atomic E-state index is 0.0598. The molecule has 0 saturated carbocycles. The first-order valence-corrected chi connectivity index (χ1v) is 7.54. The van der Waals surface area contributed by atoms with E-state index in [1.165, 1.54) is 18.2 Å². The highest BCUT2D eigenvalue weighted by molar-refractivity contribution is 7.92. The van der Waals surface area contributed by atoms with Crippen LogP contribution in [0.5, 0.6) is 0 Å². The summed E-state index contributed by atoms with van der Waals surface area (Å²) >= 11 is 0. The maximum atomic E-state index is 12.7. The van der Waals surface area contributed by atoms with Crippen molar-refractivity contribution in [3.63, 3.8) is 0 Å². The van der Waals surface area contributed by atoms with E-state index in [4.69, 9.17) is 5.73 Å². The molecular formula is C12H15F3N2O2S. The topological polar surface area (TPSA) is 63.4 Å². The van der Waals surface area contributed by atoms with Gasteiger partial charge in [-0.05, 0) is 18.1 Å². The fourth-order valence-electron chi connectivity index (χ4n) is 2.26. The number of halogens is 3. The summed E-state index contributed by atoms with van der Waals surface area (Å²) in [6, 6.07) is 4.97. The molecule has 0 spiro atoms. The van der Waals surface area contributed by atoms with E-state index in [1.807, 2.05) is 6.92 Å². The lowest BCUT2D eigenvalue weighted by Crippen LogP contribution is -2.30. The maximum Gasteiger partial charge on any atom is 0.501 e. The van der Waals surface area contributed by atoms with Crippen LogP contribution in [0.2, 0.25) is 0 Å². The van der Waals surface area contributed by atoms with Gasteiger partial charge in [-0.25, -0.2) is 8.42 Å². The second kappa shape index (κ2) is 4.92.